The summed E-state index contributed by atoms with van der Waals surface area (Å²) in [5.74, 6) is 0.747. The molecule has 7 nitrogen and oxygen atoms in total. The van der Waals surface area contributed by atoms with Crippen LogP contribution in [0.1, 0.15) is 41.0 Å². The van der Waals surface area contributed by atoms with E-state index in [1.807, 2.05) is 6.92 Å². The molecule has 0 radical (unpaired) electrons. The van der Waals surface area contributed by atoms with Gasteiger partial charge in [-0.3, -0.25) is 14.7 Å². The van der Waals surface area contributed by atoms with Gasteiger partial charge in [0.15, 0.2) is 5.96 Å². The number of hydrogen-bond donors (Lipinski definition) is 4. The van der Waals surface area contributed by atoms with E-state index >= 15 is 0 Å². The van der Waals surface area contributed by atoms with Gasteiger partial charge in [0.1, 0.15) is 5.75 Å². The number of nitrogens with zero attached hydrogens (tertiary/aromatic N) is 2. The Morgan fingerprint density at radius 1 is 1.13 bits per heavy atom. The Morgan fingerprint density at radius 2 is 1.87 bits per heavy atom. The van der Waals surface area contributed by atoms with Crippen LogP contribution in [-0.4, -0.2) is 61.1 Å². The number of aliphatic imine (C=N–C) groups is 1. The Bertz CT molecular complexity index is 801. The number of amides is 1. The predicted octanol–water partition coefficient (Wildman–Crippen LogP) is 2.58. The topological polar surface area (TPSA) is 89.0 Å². The van der Waals surface area contributed by atoms with Crippen molar-refractivity contribution in [3.05, 3.63) is 52.2 Å². The van der Waals surface area contributed by atoms with Crippen molar-refractivity contribution in [2.45, 2.75) is 25.8 Å². The SMILES string of the molecule is CCNC(=NCC(c1cccs1)N1CCCC1)NCCNC(=O)c1ccc(O)cc1. The van der Waals surface area contributed by atoms with Crippen molar-refractivity contribution in [3.63, 3.8) is 0 Å². The minimum absolute atomic E-state index is 0.148. The molecule has 1 unspecified atom stereocenters. The Kier molecular flexibility index (Phi) is 8.53. The van der Waals surface area contributed by atoms with Gasteiger partial charge in [0.25, 0.3) is 5.91 Å². The summed E-state index contributed by atoms with van der Waals surface area (Å²) in [4.78, 5) is 20.9. The lowest BCUT2D eigenvalue weighted by atomic mass is 10.2. The number of rotatable bonds is 9. The van der Waals surface area contributed by atoms with Gasteiger partial charge in [-0.2, -0.15) is 0 Å². The number of likely N-dealkylation sites (tertiary alicyclic amines) is 1. The third-order valence-electron chi connectivity index (χ3n) is 5.05. The summed E-state index contributed by atoms with van der Waals surface area (Å²) in [7, 11) is 0. The van der Waals surface area contributed by atoms with Gasteiger partial charge in [0, 0.05) is 30.1 Å². The maximum Gasteiger partial charge on any atom is 0.251 e. The average Bonchev–Trinajstić information content (AvgIpc) is 3.46. The number of hydrogen-bond acceptors (Lipinski definition) is 5. The van der Waals surface area contributed by atoms with Crippen LogP contribution in [0.3, 0.4) is 0 Å². The van der Waals surface area contributed by atoms with E-state index in [9.17, 15) is 9.90 Å². The monoisotopic (exact) mass is 429 g/mol. The zero-order chi connectivity index (χ0) is 21.2. The number of nitrogens with one attached hydrogen (secondary N) is 3. The number of phenolic OH excluding ortho intramolecular Hbond substituents is 1. The maximum atomic E-state index is 12.1. The average molecular weight is 430 g/mol. The van der Waals surface area contributed by atoms with E-state index in [-0.39, 0.29) is 11.7 Å². The third kappa shape index (κ3) is 6.47. The van der Waals surface area contributed by atoms with Crippen molar-refractivity contribution < 1.29 is 9.90 Å². The fourth-order valence-corrected chi connectivity index (χ4v) is 4.36. The van der Waals surface area contributed by atoms with Crippen molar-refractivity contribution in [3.8, 4) is 5.75 Å². The van der Waals surface area contributed by atoms with Gasteiger partial charge in [0.05, 0.1) is 12.6 Å². The Balaban J connectivity index is 1.50. The molecule has 2 heterocycles. The summed E-state index contributed by atoms with van der Waals surface area (Å²) in [6.07, 6.45) is 2.51. The number of thiophene rings is 1. The number of aromatic hydroxyl groups is 1. The van der Waals surface area contributed by atoms with E-state index in [0.29, 0.717) is 31.2 Å². The van der Waals surface area contributed by atoms with Crippen molar-refractivity contribution in [2.24, 2.45) is 4.99 Å². The molecule has 0 saturated carbocycles. The smallest absolute Gasteiger partial charge is 0.251 e. The van der Waals surface area contributed by atoms with Crippen LogP contribution >= 0.6 is 11.3 Å². The lowest BCUT2D eigenvalue weighted by Crippen LogP contribution is -2.42. The fourth-order valence-electron chi connectivity index (χ4n) is 3.51. The first-order valence-electron chi connectivity index (χ1n) is 10.5. The van der Waals surface area contributed by atoms with E-state index in [1.165, 1.54) is 29.9 Å². The molecule has 1 aliphatic heterocycles. The summed E-state index contributed by atoms with van der Waals surface area (Å²) in [6.45, 7) is 6.83. The van der Waals surface area contributed by atoms with Crippen molar-refractivity contribution in [2.75, 3.05) is 39.3 Å². The standard InChI is InChI=1S/C22H31N5O2S/c1-2-23-22(25-12-11-24-21(29)17-7-9-18(28)10-8-17)26-16-19(20-6-5-15-30-20)27-13-3-4-14-27/h5-10,15,19,28H,2-4,11-14,16H2,1H3,(H,24,29)(H2,23,25,26). The molecule has 1 aliphatic rings. The minimum atomic E-state index is -0.162. The summed E-state index contributed by atoms with van der Waals surface area (Å²) in [5.41, 5.74) is 0.526. The number of carbonyl (C=O) groups excluding carboxylic acids is 1. The summed E-state index contributed by atoms with van der Waals surface area (Å²) < 4.78 is 0. The molecule has 1 saturated heterocycles. The molecule has 1 aromatic carbocycles. The molecule has 162 valence electrons. The van der Waals surface area contributed by atoms with Crippen LogP contribution in [0, 0.1) is 0 Å². The van der Waals surface area contributed by atoms with Gasteiger partial charge in [-0.1, -0.05) is 6.07 Å². The highest BCUT2D eigenvalue weighted by Crippen LogP contribution is 2.28. The van der Waals surface area contributed by atoms with Crippen LogP contribution in [0.25, 0.3) is 0 Å². The molecule has 30 heavy (non-hydrogen) atoms. The van der Waals surface area contributed by atoms with Crippen LogP contribution in [0.5, 0.6) is 5.75 Å². The number of carbonyl (C=O) groups is 1. The van der Waals surface area contributed by atoms with Gasteiger partial charge < -0.3 is 21.1 Å². The lowest BCUT2D eigenvalue weighted by Gasteiger charge is -2.25. The van der Waals surface area contributed by atoms with Crippen LogP contribution in [-0.2, 0) is 0 Å². The second-order valence-corrected chi connectivity index (χ2v) is 8.20. The zero-order valence-corrected chi connectivity index (χ0v) is 18.3. The highest BCUT2D eigenvalue weighted by atomic mass is 32.1. The quantitative estimate of drug-likeness (QED) is 0.280. The summed E-state index contributed by atoms with van der Waals surface area (Å²) in [5, 5.41) is 20.9. The lowest BCUT2D eigenvalue weighted by molar-refractivity contribution is 0.0954. The molecule has 0 aliphatic carbocycles. The zero-order valence-electron chi connectivity index (χ0n) is 17.4. The van der Waals surface area contributed by atoms with Gasteiger partial charge in [-0.15, -0.1) is 11.3 Å². The molecule has 1 amide bonds. The molecule has 8 heteroatoms. The molecule has 0 bridgehead atoms. The number of benzene rings is 1. The van der Waals surface area contributed by atoms with E-state index in [0.717, 1.165) is 25.6 Å². The van der Waals surface area contributed by atoms with Crippen LogP contribution < -0.4 is 16.0 Å². The maximum absolute atomic E-state index is 12.1. The molecule has 1 atom stereocenters. The molecule has 1 aromatic heterocycles. The first-order valence-corrected chi connectivity index (χ1v) is 11.4. The van der Waals surface area contributed by atoms with E-state index in [4.69, 9.17) is 4.99 Å². The first-order chi connectivity index (χ1) is 14.7. The number of guanidine groups is 1. The van der Waals surface area contributed by atoms with Gasteiger partial charge in [-0.25, -0.2) is 0 Å². The fraction of sp³-hybridized carbons (Fsp3) is 0.455. The number of phenols is 1. The van der Waals surface area contributed by atoms with Gasteiger partial charge >= 0.3 is 0 Å². The molecule has 3 rings (SSSR count). The van der Waals surface area contributed by atoms with E-state index in [2.05, 4.69) is 38.4 Å². The molecule has 1 fully saturated rings. The van der Waals surface area contributed by atoms with Gasteiger partial charge in [-0.05, 0) is 68.6 Å². The summed E-state index contributed by atoms with van der Waals surface area (Å²) in [6, 6.07) is 10.8. The molecule has 2 aromatic rings. The minimum Gasteiger partial charge on any atom is -0.508 e. The largest absolute Gasteiger partial charge is 0.508 e. The van der Waals surface area contributed by atoms with Crippen LogP contribution in [0.15, 0.2) is 46.8 Å². The summed E-state index contributed by atoms with van der Waals surface area (Å²) >= 11 is 1.79. The highest BCUT2D eigenvalue weighted by molar-refractivity contribution is 7.10. The van der Waals surface area contributed by atoms with Crippen molar-refractivity contribution >= 4 is 23.2 Å². The first kappa shape index (κ1) is 22.1. The predicted molar refractivity (Wildman–Crippen MR) is 122 cm³/mol. The molecule has 0 spiro atoms. The van der Waals surface area contributed by atoms with E-state index in [1.54, 1.807) is 23.5 Å². The van der Waals surface area contributed by atoms with E-state index < -0.39 is 0 Å². The Hall–Kier alpha value is -2.58. The molecular weight excluding hydrogens is 398 g/mol. The third-order valence-corrected chi connectivity index (χ3v) is 6.03. The van der Waals surface area contributed by atoms with Gasteiger partial charge in [0.2, 0.25) is 0 Å². The normalized spacial score (nSPS) is 15.7. The second-order valence-electron chi connectivity index (χ2n) is 7.22. The van der Waals surface area contributed by atoms with Crippen molar-refractivity contribution in [1.29, 1.82) is 0 Å². The van der Waals surface area contributed by atoms with Crippen LogP contribution in [0.2, 0.25) is 0 Å². The Morgan fingerprint density at radius 3 is 2.53 bits per heavy atom. The molecule has 4 N–H and O–H groups in total. The van der Waals surface area contributed by atoms with Crippen molar-refractivity contribution in [1.82, 2.24) is 20.9 Å². The van der Waals surface area contributed by atoms with Crippen LogP contribution in [0.4, 0.5) is 0 Å². The Labute approximate surface area is 182 Å². The molecular formula is C22H31N5O2S. The second kappa shape index (κ2) is 11.6. The highest BCUT2D eigenvalue weighted by Gasteiger charge is 2.24.